The van der Waals surface area contributed by atoms with Gasteiger partial charge in [0.1, 0.15) is 0 Å². The number of carbonyl (C=O) groups excluding carboxylic acids is 1. The van der Waals surface area contributed by atoms with Gasteiger partial charge in [0, 0.05) is 32.0 Å². The maximum Gasteiger partial charge on any atom is 0.241 e. The van der Waals surface area contributed by atoms with Crippen LogP contribution < -0.4 is 5.32 Å². The Morgan fingerprint density at radius 1 is 1.28 bits per heavy atom. The molecule has 5 nitrogen and oxygen atoms in total. The fraction of sp³-hybridized carbons (Fsp3) is 0.650. The number of hydrogen-bond acceptors (Lipinski definition) is 4. The molecule has 1 aromatic rings. The van der Waals surface area contributed by atoms with E-state index in [1.54, 1.807) is 0 Å². The Bertz CT molecular complexity index is 539. The van der Waals surface area contributed by atoms with Gasteiger partial charge in [-0.15, -0.1) is 0 Å². The highest BCUT2D eigenvalue weighted by Crippen LogP contribution is 2.24. The van der Waals surface area contributed by atoms with E-state index >= 15 is 0 Å². The number of likely N-dealkylation sites (tertiary alicyclic amines) is 1. The third-order valence-electron chi connectivity index (χ3n) is 4.90. The summed E-state index contributed by atoms with van der Waals surface area (Å²) in [6.07, 6.45) is 2.81. The molecule has 1 heterocycles. The molecule has 25 heavy (non-hydrogen) atoms. The van der Waals surface area contributed by atoms with Crippen LogP contribution in [0.3, 0.4) is 0 Å². The average Bonchev–Trinajstić information content (AvgIpc) is 2.62. The minimum absolute atomic E-state index is 0.0488. The molecule has 1 amide bonds. The lowest BCUT2D eigenvalue weighted by Gasteiger charge is -2.35. The van der Waals surface area contributed by atoms with E-state index in [1.807, 2.05) is 25.1 Å². The number of piperidine rings is 1. The van der Waals surface area contributed by atoms with Crippen LogP contribution in [0, 0.1) is 0 Å². The summed E-state index contributed by atoms with van der Waals surface area (Å²) in [5.41, 5.74) is 2.08. The molecule has 1 fully saturated rings. The number of aliphatic hydroxyl groups excluding tert-OH is 1. The Balaban J connectivity index is 1.85. The van der Waals surface area contributed by atoms with Crippen molar-refractivity contribution in [3.8, 4) is 0 Å². The van der Waals surface area contributed by atoms with Crippen LogP contribution in [0.15, 0.2) is 24.3 Å². The molecule has 5 heteroatoms. The number of para-hydroxylation sites is 1. The molecule has 0 aliphatic carbocycles. The molecule has 0 bridgehead atoms. The van der Waals surface area contributed by atoms with Gasteiger partial charge in [-0.1, -0.05) is 32.0 Å². The maximum atomic E-state index is 12.7. The third-order valence-corrected chi connectivity index (χ3v) is 4.90. The van der Waals surface area contributed by atoms with Gasteiger partial charge in [-0.2, -0.15) is 0 Å². The SMILES string of the molecule is CC(C)c1ccccc1NC(=O)C(C)N1CCC(OCCCO)CC1. The van der Waals surface area contributed by atoms with Crippen molar-refractivity contribution >= 4 is 11.6 Å². The van der Waals surface area contributed by atoms with Gasteiger partial charge >= 0.3 is 0 Å². The topological polar surface area (TPSA) is 61.8 Å². The molecule has 0 radical (unpaired) electrons. The quantitative estimate of drug-likeness (QED) is 0.709. The van der Waals surface area contributed by atoms with E-state index in [9.17, 15) is 4.79 Å². The standard InChI is InChI=1S/C20H32N2O3/c1-15(2)18-7-4-5-8-19(18)21-20(24)16(3)22-11-9-17(10-12-22)25-14-6-13-23/h4-5,7-8,15-17,23H,6,9-14H2,1-3H3,(H,21,24). The van der Waals surface area contributed by atoms with Crippen LogP contribution in [0.25, 0.3) is 0 Å². The van der Waals surface area contributed by atoms with Crippen molar-refractivity contribution in [3.05, 3.63) is 29.8 Å². The van der Waals surface area contributed by atoms with Crippen molar-refractivity contribution in [2.45, 2.75) is 58.1 Å². The number of benzene rings is 1. The van der Waals surface area contributed by atoms with Crippen molar-refractivity contribution in [2.75, 3.05) is 31.6 Å². The van der Waals surface area contributed by atoms with Crippen LogP contribution in [0.1, 0.15) is 51.5 Å². The number of nitrogens with zero attached hydrogens (tertiary/aromatic N) is 1. The minimum atomic E-state index is -0.154. The lowest BCUT2D eigenvalue weighted by molar-refractivity contribution is -0.121. The van der Waals surface area contributed by atoms with E-state index in [1.165, 1.54) is 5.56 Å². The molecule has 2 N–H and O–H groups in total. The Labute approximate surface area is 151 Å². The van der Waals surface area contributed by atoms with Crippen molar-refractivity contribution < 1.29 is 14.6 Å². The van der Waals surface area contributed by atoms with Gasteiger partial charge in [-0.3, -0.25) is 9.69 Å². The van der Waals surface area contributed by atoms with Crippen LogP contribution in [-0.4, -0.2) is 54.4 Å². The highest BCUT2D eigenvalue weighted by molar-refractivity contribution is 5.95. The fourth-order valence-electron chi connectivity index (χ4n) is 3.26. The van der Waals surface area contributed by atoms with Crippen molar-refractivity contribution in [1.82, 2.24) is 4.90 Å². The van der Waals surface area contributed by atoms with Gasteiger partial charge in [0.25, 0.3) is 0 Å². The Kier molecular flexibility index (Phi) is 7.88. The summed E-state index contributed by atoms with van der Waals surface area (Å²) in [4.78, 5) is 14.9. The van der Waals surface area contributed by atoms with Crippen LogP contribution in [0.4, 0.5) is 5.69 Å². The molecule has 1 unspecified atom stereocenters. The Hall–Kier alpha value is -1.43. The number of hydrogen-bond donors (Lipinski definition) is 2. The molecule has 0 saturated carbocycles. The minimum Gasteiger partial charge on any atom is -0.396 e. The first kappa shape index (κ1) is 19.9. The zero-order valence-electron chi connectivity index (χ0n) is 15.7. The van der Waals surface area contributed by atoms with Crippen LogP contribution in [-0.2, 0) is 9.53 Å². The van der Waals surface area contributed by atoms with Gasteiger partial charge in [-0.05, 0) is 43.7 Å². The molecule has 1 atom stereocenters. The summed E-state index contributed by atoms with van der Waals surface area (Å²) in [6.45, 7) is 8.76. The number of nitrogens with one attached hydrogen (secondary N) is 1. The average molecular weight is 348 g/mol. The first-order valence-electron chi connectivity index (χ1n) is 9.39. The number of ether oxygens (including phenoxy) is 1. The number of aliphatic hydroxyl groups is 1. The monoisotopic (exact) mass is 348 g/mol. The molecule has 1 aliphatic heterocycles. The van der Waals surface area contributed by atoms with E-state index in [0.29, 0.717) is 18.9 Å². The molecule has 1 aromatic carbocycles. The molecular formula is C20H32N2O3. The van der Waals surface area contributed by atoms with Gasteiger partial charge in [0.05, 0.1) is 12.1 Å². The fourth-order valence-corrected chi connectivity index (χ4v) is 3.26. The molecule has 0 spiro atoms. The van der Waals surface area contributed by atoms with E-state index in [-0.39, 0.29) is 24.7 Å². The highest BCUT2D eigenvalue weighted by Gasteiger charge is 2.27. The lowest BCUT2D eigenvalue weighted by atomic mass is 10.0. The first-order chi connectivity index (χ1) is 12.0. The molecule has 0 aromatic heterocycles. The summed E-state index contributed by atoms with van der Waals surface area (Å²) >= 11 is 0. The smallest absolute Gasteiger partial charge is 0.241 e. The molecule has 2 rings (SSSR count). The molecule has 1 aliphatic rings. The van der Waals surface area contributed by atoms with E-state index in [4.69, 9.17) is 9.84 Å². The number of rotatable bonds is 8. The number of anilines is 1. The third kappa shape index (κ3) is 5.80. The summed E-state index contributed by atoms with van der Waals surface area (Å²) in [5.74, 6) is 0.423. The predicted octanol–water partition coefficient (Wildman–Crippen LogP) is 3.00. The molecule has 140 valence electrons. The van der Waals surface area contributed by atoms with Crippen molar-refractivity contribution in [2.24, 2.45) is 0 Å². The summed E-state index contributed by atoms with van der Waals surface area (Å²) in [6, 6.07) is 7.86. The van der Waals surface area contributed by atoms with Gasteiger partial charge < -0.3 is 15.2 Å². The Morgan fingerprint density at radius 2 is 1.96 bits per heavy atom. The number of carbonyl (C=O) groups is 1. The molecule has 1 saturated heterocycles. The van der Waals surface area contributed by atoms with Crippen molar-refractivity contribution in [1.29, 1.82) is 0 Å². The van der Waals surface area contributed by atoms with Crippen LogP contribution in [0.5, 0.6) is 0 Å². The maximum absolute atomic E-state index is 12.7. The largest absolute Gasteiger partial charge is 0.396 e. The summed E-state index contributed by atoms with van der Waals surface area (Å²) in [7, 11) is 0. The van der Waals surface area contributed by atoms with E-state index in [2.05, 4.69) is 30.1 Å². The summed E-state index contributed by atoms with van der Waals surface area (Å²) in [5, 5.41) is 11.9. The van der Waals surface area contributed by atoms with Crippen molar-refractivity contribution in [3.63, 3.8) is 0 Å². The van der Waals surface area contributed by atoms with Gasteiger partial charge in [-0.25, -0.2) is 0 Å². The number of amides is 1. The first-order valence-corrected chi connectivity index (χ1v) is 9.39. The zero-order valence-corrected chi connectivity index (χ0v) is 15.7. The zero-order chi connectivity index (χ0) is 18.2. The lowest BCUT2D eigenvalue weighted by Crippen LogP contribution is -2.47. The highest BCUT2D eigenvalue weighted by atomic mass is 16.5. The predicted molar refractivity (Wildman–Crippen MR) is 101 cm³/mol. The van der Waals surface area contributed by atoms with E-state index < -0.39 is 0 Å². The van der Waals surface area contributed by atoms with Crippen LogP contribution >= 0.6 is 0 Å². The molecular weight excluding hydrogens is 316 g/mol. The van der Waals surface area contributed by atoms with Crippen LogP contribution in [0.2, 0.25) is 0 Å². The van der Waals surface area contributed by atoms with Gasteiger partial charge in [0.15, 0.2) is 0 Å². The second kappa shape index (κ2) is 9.90. The summed E-state index contributed by atoms with van der Waals surface area (Å²) < 4.78 is 5.76. The second-order valence-electron chi connectivity index (χ2n) is 7.09. The Morgan fingerprint density at radius 3 is 2.60 bits per heavy atom. The van der Waals surface area contributed by atoms with E-state index in [0.717, 1.165) is 31.6 Å². The van der Waals surface area contributed by atoms with Gasteiger partial charge in [0.2, 0.25) is 5.91 Å². The second-order valence-corrected chi connectivity index (χ2v) is 7.09. The normalized spacial score (nSPS) is 17.6.